The Morgan fingerprint density at radius 3 is 2.41 bits per heavy atom. The SMILES string of the molecule is c1ccc2[nH]ccc2c1.c1ccc2c3c([nH]c2c1)CCCC3. The fraction of sp³-hybridized carbons (Fsp3) is 0.200. The van der Waals surface area contributed by atoms with E-state index in [-0.39, 0.29) is 0 Å². The highest BCUT2D eigenvalue weighted by atomic mass is 14.7. The van der Waals surface area contributed by atoms with Crippen LogP contribution in [0.15, 0.2) is 60.8 Å². The molecule has 2 aromatic carbocycles. The van der Waals surface area contributed by atoms with Gasteiger partial charge in [-0.25, -0.2) is 0 Å². The minimum absolute atomic E-state index is 1.21. The molecule has 0 unspecified atom stereocenters. The molecule has 0 fully saturated rings. The van der Waals surface area contributed by atoms with Crippen LogP contribution in [0, 0.1) is 0 Å². The van der Waals surface area contributed by atoms with E-state index in [2.05, 4.69) is 52.4 Å². The summed E-state index contributed by atoms with van der Waals surface area (Å²) >= 11 is 0. The third kappa shape index (κ3) is 2.41. The zero-order valence-corrected chi connectivity index (χ0v) is 12.6. The maximum atomic E-state index is 3.52. The Labute approximate surface area is 130 Å². The van der Waals surface area contributed by atoms with Gasteiger partial charge in [0.15, 0.2) is 0 Å². The molecule has 0 saturated carbocycles. The minimum atomic E-state index is 1.21. The van der Waals surface area contributed by atoms with Gasteiger partial charge in [-0.1, -0.05) is 36.4 Å². The predicted molar refractivity (Wildman–Crippen MR) is 93.2 cm³/mol. The smallest absolute Gasteiger partial charge is 0.0458 e. The van der Waals surface area contributed by atoms with Crippen LogP contribution in [0.1, 0.15) is 24.1 Å². The summed E-state index contributed by atoms with van der Waals surface area (Å²) in [6.07, 6.45) is 7.16. The first-order valence-electron chi connectivity index (χ1n) is 8.02. The van der Waals surface area contributed by atoms with E-state index in [1.165, 1.54) is 53.2 Å². The van der Waals surface area contributed by atoms with Gasteiger partial charge >= 0.3 is 0 Å². The molecular weight excluding hydrogens is 268 g/mol. The van der Waals surface area contributed by atoms with E-state index in [0.29, 0.717) is 0 Å². The number of hydrogen-bond donors (Lipinski definition) is 2. The monoisotopic (exact) mass is 288 g/mol. The van der Waals surface area contributed by atoms with Crippen molar-refractivity contribution in [2.75, 3.05) is 0 Å². The quantitative estimate of drug-likeness (QED) is 0.445. The summed E-state index contributed by atoms with van der Waals surface area (Å²) in [6, 6.07) is 18.9. The van der Waals surface area contributed by atoms with Crippen molar-refractivity contribution < 1.29 is 0 Å². The van der Waals surface area contributed by atoms with E-state index in [1.54, 1.807) is 5.56 Å². The number of para-hydroxylation sites is 2. The summed E-state index contributed by atoms with van der Waals surface area (Å²) in [5.74, 6) is 0. The lowest BCUT2D eigenvalue weighted by Gasteiger charge is -2.10. The number of aromatic amines is 2. The Balaban J connectivity index is 0.000000122. The number of nitrogens with one attached hydrogen (secondary N) is 2. The van der Waals surface area contributed by atoms with Gasteiger partial charge in [-0.05, 0) is 54.8 Å². The number of fused-ring (bicyclic) bond motifs is 4. The molecule has 110 valence electrons. The Kier molecular flexibility index (Phi) is 3.43. The lowest BCUT2D eigenvalue weighted by molar-refractivity contribution is 0.680. The Bertz CT molecular complexity index is 868. The van der Waals surface area contributed by atoms with E-state index in [4.69, 9.17) is 0 Å². The van der Waals surface area contributed by atoms with Gasteiger partial charge in [0, 0.05) is 28.3 Å². The van der Waals surface area contributed by atoms with Gasteiger partial charge in [0.25, 0.3) is 0 Å². The lowest BCUT2D eigenvalue weighted by atomic mass is 9.96. The van der Waals surface area contributed by atoms with Crippen LogP contribution in [-0.4, -0.2) is 9.97 Å². The molecule has 22 heavy (non-hydrogen) atoms. The molecule has 1 aliphatic rings. The van der Waals surface area contributed by atoms with Crippen molar-refractivity contribution in [3.63, 3.8) is 0 Å². The van der Waals surface area contributed by atoms with Crippen LogP contribution in [-0.2, 0) is 12.8 Å². The standard InChI is InChI=1S/C12H13N.C8H7N/c1-3-7-11-9(5-1)10-6-2-4-8-12(10)13-11;1-2-4-8-7(3-1)5-6-9-8/h1,3,5,7,13H,2,4,6,8H2;1-6,9H. The van der Waals surface area contributed by atoms with Gasteiger partial charge in [0.05, 0.1) is 0 Å². The average molecular weight is 288 g/mol. The molecule has 0 atom stereocenters. The van der Waals surface area contributed by atoms with E-state index in [1.807, 2.05) is 18.3 Å². The second-order valence-electron chi connectivity index (χ2n) is 5.90. The Hall–Kier alpha value is -2.48. The van der Waals surface area contributed by atoms with Gasteiger partial charge in [-0.2, -0.15) is 0 Å². The molecule has 5 rings (SSSR count). The zero-order valence-electron chi connectivity index (χ0n) is 12.6. The highest BCUT2D eigenvalue weighted by molar-refractivity contribution is 5.84. The summed E-state index contributed by atoms with van der Waals surface area (Å²) in [4.78, 5) is 6.64. The first-order chi connectivity index (χ1) is 10.9. The molecular formula is C20H20N2. The van der Waals surface area contributed by atoms with E-state index in [0.717, 1.165) is 0 Å². The molecule has 2 nitrogen and oxygen atoms in total. The maximum Gasteiger partial charge on any atom is 0.0458 e. The van der Waals surface area contributed by atoms with Gasteiger partial charge in [-0.15, -0.1) is 0 Å². The van der Waals surface area contributed by atoms with Gasteiger partial charge < -0.3 is 9.97 Å². The third-order valence-electron chi connectivity index (χ3n) is 4.47. The molecule has 2 heterocycles. The molecule has 1 aliphatic carbocycles. The van der Waals surface area contributed by atoms with Crippen molar-refractivity contribution in [2.24, 2.45) is 0 Å². The van der Waals surface area contributed by atoms with Gasteiger partial charge in [0.1, 0.15) is 0 Å². The Morgan fingerprint density at radius 2 is 1.50 bits per heavy atom. The predicted octanol–water partition coefficient (Wildman–Crippen LogP) is 5.21. The topological polar surface area (TPSA) is 31.6 Å². The van der Waals surface area contributed by atoms with Crippen LogP contribution in [0.25, 0.3) is 21.8 Å². The zero-order chi connectivity index (χ0) is 14.8. The normalized spacial score (nSPS) is 13.6. The highest BCUT2D eigenvalue weighted by Gasteiger charge is 2.13. The molecule has 2 aromatic heterocycles. The molecule has 4 aromatic rings. The van der Waals surface area contributed by atoms with Gasteiger partial charge in [0.2, 0.25) is 0 Å². The number of hydrogen-bond acceptors (Lipinski definition) is 0. The average Bonchev–Trinajstić information content (AvgIpc) is 3.19. The first-order valence-corrected chi connectivity index (χ1v) is 8.02. The van der Waals surface area contributed by atoms with Crippen LogP contribution in [0.2, 0.25) is 0 Å². The first kappa shape index (κ1) is 13.2. The highest BCUT2D eigenvalue weighted by Crippen LogP contribution is 2.28. The van der Waals surface area contributed by atoms with Crippen molar-refractivity contribution in [2.45, 2.75) is 25.7 Å². The van der Waals surface area contributed by atoms with Crippen molar-refractivity contribution >= 4 is 21.8 Å². The van der Waals surface area contributed by atoms with Crippen LogP contribution in [0.4, 0.5) is 0 Å². The van der Waals surface area contributed by atoms with E-state index >= 15 is 0 Å². The molecule has 0 saturated heterocycles. The van der Waals surface area contributed by atoms with E-state index in [9.17, 15) is 0 Å². The van der Waals surface area contributed by atoms with Crippen LogP contribution in [0.3, 0.4) is 0 Å². The number of rotatable bonds is 0. The second-order valence-corrected chi connectivity index (χ2v) is 5.90. The van der Waals surface area contributed by atoms with Crippen LogP contribution < -0.4 is 0 Å². The Morgan fingerprint density at radius 1 is 0.727 bits per heavy atom. The van der Waals surface area contributed by atoms with E-state index < -0.39 is 0 Å². The van der Waals surface area contributed by atoms with Crippen molar-refractivity contribution in [1.82, 2.24) is 9.97 Å². The summed E-state index contributed by atoms with van der Waals surface area (Å²) in [7, 11) is 0. The number of aromatic nitrogens is 2. The van der Waals surface area contributed by atoms with Crippen LogP contribution in [0.5, 0.6) is 0 Å². The van der Waals surface area contributed by atoms with Crippen molar-refractivity contribution in [3.05, 3.63) is 72.1 Å². The van der Waals surface area contributed by atoms with Crippen LogP contribution >= 0.6 is 0 Å². The summed E-state index contributed by atoms with van der Waals surface area (Å²) in [6.45, 7) is 0. The molecule has 0 aliphatic heterocycles. The maximum absolute atomic E-state index is 3.52. The van der Waals surface area contributed by atoms with Gasteiger partial charge in [-0.3, -0.25) is 0 Å². The number of aryl methyl sites for hydroxylation is 2. The summed E-state index contributed by atoms with van der Waals surface area (Å²) < 4.78 is 0. The molecule has 2 heteroatoms. The van der Waals surface area contributed by atoms with Crippen molar-refractivity contribution in [3.8, 4) is 0 Å². The largest absolute Gasteiger partial charge is 0.361 e. The molecule has 0 radical (unpaired) electrons. The number of H-pyrrole nitrogens is 2. The van der Waals surface area contributed by atoms with Crippen molar-refractivity contribution in [1.29, 1.82) is 0 Å². The molecule has 0 spiro atoms. The molecule has 0 bridgehead atoms. The fourth-order valence-corrected chi connectivity index (χ4v) is 3.35. The molecule has 0 amide bonds. The fourth-order valence-electron chi connectivity index (χ4n) is 3.35. The minimum Gasteiger partial charge on any atom is -0.361 e. The lowest BCUT2D eigenvalue weighted by Crippen LogP contribution is -1.99. The number of benzene rings is 2. The third-order valence-corrected chi connectivity index (χ3v) is 4.47. The summed E-state index contributed by atoms with van der Waals surface area (Å²) in [5.41, 5.74) is 5.57. The second kappa shape index (κ2) is 5.72. The summed E-state index contributed by atoms with van der Waals surface area (Å²) in [5, 5.41) is 2.72. The molecule has 2 N–H and O–H groups in total.